The second-order valence-corrected chi connectivity index (χ2v) is 4.51. The highest BCUT2D eigenvalue weighted by Gasteiger charge is 2.28. The Labute approximate surface area is 102 Å². The summed E-state index contributed by atoms with van der Waals surface area (Å²) in [6.07, 6.45) is 4.38. The predicted octanol–water partition coefficient (Wildman–Crippen LogP) is 1.49. The monoisotopic (exact) mass is 236 g/mol. The summed E-state index contributed by atoms with van der Waals surface area (Å²) >= 11 is 0. The van der Waals surface area contributed by atoms with Crippen molar-refractivity contribution in [2.75, 3.05) is 18.1 Å². The van der Waals surface area contributed by atoms with Crippen LogP contribution < -0.4 is 4.90 Å². The zero-order valence-corrected chi connectivity index (χ0v) is 10.2. The molecule has 1 atom stereocenters. The third-order valence-corrected chi connectivity index (χ3v) is 3.16. The van der Waals surface area contributed by atoms with E-state index in [0.29, 0.717) is 19.0 Å². The van der Waals surface area contributed by atoms with Crippen LogP contribution in [-0.4, -0.2) is 34.4 Å². The number of anilines is 1. The molecule has 17 heavy (non-hydrogen) atoms. The zero-order valence-electron chi connectivity index (χ0n) is 10.2. The van der Waals surface area contributed by atoms with E-state index in [4.69, 9.17) is 5.11 Å². The van der Waals surface area contributed by atoms with E-state index in [2.05, 4.69) is 9.88 Å². The number of aliphatic hydroxyl groups is 2. The molecular formula is C13H20N2O2. The minimum Gasteiger partial charge on any atom is -0.395 e. The molecule has 1 heterocycles. The van der Waals surface area contributed by atoms with Gasteiger partial charge in [-0.25, -0.2) is 0 Å². The van der Waals surface area contributed by atoms with Gasteiger partial charge >= 0.3 is 0 Å². The lowest BCUT2D eigenvalue weighted by Crippen LogP contribution is -2.28. The minimum absolute atomic E-state index is 0.163. The fourth-order valence-electron chi connectivity index (χ4n) is 1.99. The first kappa shape index (κ1) is 12.3. The Kier molecular flexibility index (Phi) is 3.97. The van der Waals surface area contributed by atoms with Crippen molar-refractivity contribution in [3.8, 4) is 0 Å². The van der Waals surface area contributed by atoms with Gasteiger partial charge in [0, 0.05) is 12.6 Å². The van der Waals surface area contributed by atoms with Gasteiger partial charge in [0.2, 0.25) is 0 Å². The third-order valence-electron chi connectivity index (χ3n) is 3.16. The van der Waals surface area contributed by atoms with E-state index >= 15 is 0 Å². The van der Waals surface area contributed by atoms with E-state index in [1.165, 1.54) is 12.8 Å². The molecule has 0 aliphatic heterocycles. The SMILES string of the molecule is CCC(O)c1ccc(N(CCO)C2CC2)cn1. The number of nitrogens with zero attached hydrogens (tertiary/aromatic N) is 2. The van der Waals surface area contributed by atoms with Gasteiger partial charge in [-0.15, -0.1) is 0 Å². The molecule has 2 rings (SSSR count). The molecule has 1 aliphatic rings. The van der Waals surface area contributed by atoms with Gasteiger partial charge in [-0.2, -0.15) is 0 Å². The van der Waals surface area contributed by atoms with Gasteiger partial charge in [0.25, 0.3) is 0 Å². The number of aromatic nitrogens is 1. The van der Waals surface area contributed by atoms with E-state index in [9.17, 15) is 5.11 Å². The second kappa shape index (κ2) is 5.47. The molecule has 0 amide bonds. The van der Waals surface area contributed by atoms with Crippen molar-refractivity contribution in [3.05, 3.63) is 24.0 Å². The van der Waals surface area contributed by atoms with Gasteiger partial charge in [0.1, 0.15) is 0 Å². The highest BCUT2D eigenvalue weighted by Crippen LogP contribution is 2.31. The standard InChI is InChI=1S/C13H20N2O2/c1-2-13(17)12-6-5-11(9-14-12)15(7-8-16)10-3-4-10/h5-6,9-10,13,16-17H,2-4,7-8H2,1H3. The molecule has 2 N–H and O–H groups in total. The van der Waals surface area contributed by atoms with Crippen LogP contribution in [0, 0.1) is 0 Å². The quantitative estimate of drug-likeness (QED) is 0.785. The molecule has 94 valence electrons. The van der Waals surface area contributed by atoms with Gasteiger partial charge in [-0.1, -0.05) is 6.92 Å². The summed E-state index contributed by atoms with van der Waals surface area (Å²) in [5.41, 5.74) is 1.75. The lowest BCUT2D eigenvalue weighted by molar-refractivity contribution is 0.169. The highest BCUT2D eigenvalue weighted by atomic mass is 16.3. The first-order chi connectivity index (χ1) is 8.26. The molecule has 1 aliphatic carbocycles. The molecule has 4 nitrogen and oxygen atoms in total. The number of hydrogen-bond acceptors (Lipinski definition) is 4. The largest absolute Gasteiger partial charge is 0.395 e. The van der Waals surface area contributed by atoms with Crippen LogP contribution in [0.4, 0.5) is 5.69 Å². The Morgan fingerprint density at radius 3 is 2.71 bits per heavy atom. The predicted molar refractivity (Wildman–Crippen MR) is 66.9 cm³/mol. The van der Waals surface area contributed by atoms with Crippen molar-refractivity contribution in [2.45, 2.75) is 38.3 Å². The fourth-order valence-corrected chi connectivity index (χ4v) is 1.99. The van der Waals surface area contributed by atoms with Crippen molar-refractivity contribution in [3.63, 3.8) is 0 Å². The normalized spacial score (nSPS) is 16.9. The lowest BCUT2D eigenvalue weighted by atomic mass is 10.2. The van der Waals surface area contributed by atoms with Crippen molar-refractivity contribution in [2.24, 2.45) is 0 Å². The van der Waals surface area contributed by atoms with Gasteiger partial charge in [0.15, 0.2) is 0 Å². The molecule has 1 saturated carbocycles. The maximum Gasteiger partial charge on any atom is 0.0957 e. The summed E-state index contributed by atoms with van der Waals surface area (Å²) in [6.45, 7) is 2.75. The van der Waals surface area contributed by atoms with Gasteiger partial charge < -0.3 is 15.1 Å². The summed E-state index contributed by atoms with van der Waals surface area (Å²) in [5, 5.41) is 18.7. The van der Waals surface area contributed by atoms with Crippen LogP contribution in [0.1, 0.15) is 38.0 Å². The van der Waals surface area contributed by atoms with Crippen LogP contribution in [0.2, 0.25) is 0 Å². The zero-order chi connectivity index (χ0) is 12.3. The number of aliphatic hydroxyl groups excluding tert-OH is 2. The van der Waals surface area contributed by atoms with Crippen molar-refractivity contribution in [1.29, 1.82) is 0 Å². The second-order valence-electron chi connectivity index (χ2n) is 4.51. The van der Waals surface area contributed by atoms with E-state index in [1.807, 2.05) is 19.1 Å². The molecule has 0 saturated heterocycles. The van der Waals surface area contributed by atoms with Crippen LogP contribution in [0.15, 0.2) is 18.3 Å². The van der Waals surface area contributed by atoms with Crippen LogP contribution in [0.5, 0.6) is 0 Å². The van der Waals surface area contributed by atoms with Crippen LogP contribution in [0.3, 0.4) is 0 Å². The molecule has 0 aromatic carbocycles. The van der Waals surface area contributed by atoms with Crippen molar-refractivity contribution >= 4 is 5.69 Å². The van der Waals surface area contributed by atoms with Crippen LogP contribution >= 0.6 is 0 Å². The Bertz CT molecular complexity index is 349. The lowest BCUT2D eigenvalue weighted by Gasteiger charge is -2.23. The average molecular weight is 236 g/mol. The molecular weight excluding hydrogens is 216 g/mol. The van der Waals surface area contributed by atoms with Crippen molar-refractivity contribution < 1.29 is 10.2 Å². The maximum atomic E-state index is 9.67. The number of pyridine rings is 1. The summed E-state index contributed by atoms with van der Waals surface area (Å²) in [5.74, 6) is 0. The molecule has 1 fully saturated rings. The smallest absolute Gasteiger partial charge is 0.0957 e. The Morgan fingerprint density at radius 2 is 2.24 bits per heavy atom. The number of hydrogen-bond donors (Lipinski definition) is 2. The highest BCUT2D eigenvalue weighted by molar-refractivity contribution is 5.47. The minimum atomic E-state index is -0.476. The van der Waals surface area contributed by atoms with Crippen molar-refractivity contribution in [1.82, 2.24) is 4.98 Å². The summed E-state index contributed by atoms with van der Waals surface area (Å²) in [7, 11) is 0. The summed E-state index contributed by atoms with van der Waals surface area (Å²) in [6, 6.07) is 4.41. The van der Waals surface area contributed by atoms with Gasteiger partial charge in [-0.3, -0.25) is 4.98 Å². The molecule has 1 unspecified atom stereocenters. The molecule has 0 bridgehead atoms. The first-order valence-electron chi connectivity index (χ1n) is 6.27. The van der Waals surface area contributed by atoms with Crippen LogP contribution in [-0.2, 0) is 0 Å². The fraction of sp³-hybridized carbons (Fsp3) is 0.615. The van der Waals surface area contributed by atoms with E-state index in [1.54, 1.807) is 6.20 Å². The summed E-state index contributed by atoms with van der Waals surface area (Å²) in [4.78, 5) is 6.48. The maximum absolute atomic E-state index is 9.67. The van der Waals surface area contributed by atoms with Gasteiger partial charge in [0.05, 0.1) is 30.3 Å². The van der Waals surface area contributed by atoms with Gasteiger partial charge in [-0.05, 0) is 31.4 Å². The molecule has 0 radical (unpaired) electrons. The Morgan fingerprint density at radius 1 is 1.47 bits per heavy atom. The molecule has 1 aromatic rings. The van der Waals surface area contributed by atoms with E-state index < -0.39 is 6.10 Å². The third kappa shape index (κ3) is 2.96. The van der Waals surface area contributed by atoms with Crippen LogP contribution in [0.25, 0.3) is 0 Å². The molecule has 1 aromatic heterocycles. The Hall–Kier alpha value is -1.13. The molecule has 0 spiro atoms. The number of rotatable bonds is 6. The summed E-state index contributed by atoms with van der Waals surface area (Å²) < 4.78 is 0. The van der Waals surface area contributed by atoms with E-state index in [-0.39, 0.29) is 6.61 Å². The topological polar surface area (TPSA) is 56.6 Å². The Balaban J connectivity index is 2.09. The first-order valence-corrected chi connectivity index (χ1v) is 6.27. The molecule has 4 heteroatoms. The van der Waals surface area contributed by atoms with E-state index in [0.717, 1.165) is 11.4 Å². The average Bonchev–Trinajstić information content (AvgIpc) is 3.19.